The Kier molecular flexibility index (Phi) is 4.58. The standard InChI is InChI=1S/C18H15N3O3S/c1-25(23,24)16-10-6-5-9-15(16)18(22)21-14-11-19-17(20-12-14)13-7-3-2-4-8-13/h2-12H,1H3,(H,21,22). The topological polar surface area (TPSA) is 89.0 Å². The number of nitrogens with one attached hydrogen (secondary N) is 1. The number of hydrogen-bond donors (Lipinski definition) is 1. The summed E-state index contributed by atoms with van der Waals surface area (Å²) in [6.07, 6.45) is 4.03. The molecule has 1 amide bonds. The molecule has 0 bridgehead atoms. The first kappa shape index (κ1) is 16.8. The number of aromatic nitrogens is 2. The Morgan fingerprint density at radius 2 is 1.52 bits per heavy atom. The van der Waals surface area contributed by atoms with Crippen molar-refractivity contribution in [1.29, 1.82) is 0 Å². The van der Waals surface area contributed by atoms with Crippen LogP contribution in [0.25, 0.3) is 11.4 Å². The third-order valence-electron chi connectivity index (χ3n) is 3.47. The van der Waals surface area contributed by atoms with Crippen LogP contribution >= 0.6 is 0 Å². The Bertz CT molecular complexity index is 1000. The fourth-order valence-corrected chi connectivity index (χ4v) is 3.19. The van der Waals surface area contributed by atoms with Gasteiger partial charge in [-0.05, 0) is 12.1 Å². The number of anilines is 1. The molecule has 1 heterocycles. The van der Waals surface area contributed by atoms with Crippen molar-refractivity contribution in [2.45, 2.75) is 4.90 Å². The molecule has 0 atom stereocenters. The van der Waals surface area contributed by atoms with E-state index in [0.29, 0.717) is 11.5 Å². The van der Waals surface area contributed by atoms with Crippen LogP contribution in [-0.4, -0.2) is 30.5 Å². The second kappa shape index (κ2) is 6.82. The monoisotopic (exact) mass is 353 g/mol. The molecule has 0 aliphatic carbocycles. The van der Waals surface area contributed by atoms with Crippen LogP contribution in [0.3, 0.4) is 0 Å². The summed E-state index contributed by atoms with van der Waals surface area (Å²) in [6, 6.07) is 15.5. The number of sulfone groups is 1. The van der Waals surface area contributed by atoms with Crippen molar-refractivity contribution in [1.82, 2.24) is 9.97 Å². The highest BCUT2D eigenvalue weighted by atomic mass is 32.2. The maximum absolute atomic E-state index is 12.4. The minimum atomic E-state index is -3.51. The minimum absolute atomic E-state index is 0.0191. The third kappa shape index (κ3) is 3.89. The van der Waals surface area contributed by atoms with E-state index in [4.69, 9.17) is 0 Å². The van der Waals surface area contributed by atoms with Crippen LogP contribution in [0.5, 0.6) is 0 Å². The van der Waals surface area contributed by atoms with Gasteiger partial charge in [-0.2, -0.15) is 0 Å². The van der Waals surface area contributed by atoms with Crippen molar-refractivity contribution in [3.63, 3.8) is 0 Å². The fraction of sp³-hybridized carbons (Fsp3) is 0.0556. The first-order valence-corrected chi connectivity index (χ1v) is 9.32. The van der Waals surface area contributed by atoms with Crippen LogP contribution in [0.15, 0.2) is 71.9 Å². The number of benzene rings is 2. The first-order valence-electron chi connectivity index (χ1n) is 7.43. The second-order valence-corrected chi connectivity index (χ2v) is 7.37. The van der Waals surface area contributed by atoms with Crippen LogP contribution < -0.4 is 5.32 Å². The lowest BCUT2D eigenvalue weighted by Gasteiger charge is -2.09. The van der Waals surface area contributed by atoms with E-state index in [2.05, 4.69) is 15.3 Å². The zero-order valence-electron chi connectivity index (χ0n) is 13.4. The van der Waals surface area contributed by atoms with E-state index in [1.807, 2.05) is 30.3 Å². The molecule has 3 aromatic rings. The molecule has 0 aliphatic heterocycles. The number of amides is 1. The lowest BCUT2D eigenvalue weighted by molar-refractivity contribution is 0.102. The smallest absolute Gasteiger partial charge is 0.257 e. The summed E-state index contributed by atoms with van der Waals surface area (Å²) in [6.45, 7) is 0. The largest absolute Gasteiger partial charge is 0.319 e. The van der Waals surface area contributed by atoms with Gasteiger partial charge in [0.1, 0.15) is 0 Å². The summed E-state index contributed by atoms with van der Waals surface area (Å²) in [7, 11) is -3.51. The molecule has 1 aromatic heterocycles. The van der Waals surface area contributed by atoms with Crippen LogP contribution in [-0.2, 0) is 9.84 Å². The quantitative estimate of drug-likeness (QED) is 0.779. The van der Waals surface area contributed by atoms with Crippen molar-refractivity contribution >= 4 is 21.4 Å². The molecular weight excluding hydrogens is 338 g/mol. The van der Waals surface area contributed by atoms with Crippen molar-refractivity contribution in [3.05, 3.63) is 72.6 Å². The van der Waals surface area contributed by atoms with E-state index < -0.39 is 15.7 Å². The Hall–Kier alpha value is -3.06. The number of nitrogens with zero attached hydrogens (tertiary/aromatic N) is 2. The van der Waals surface area contributed by atoms with E-state index in [0.717, 1.165) is 11.8 Å². The molecule has 7 heteroatoms. The van der Waals surface area contributed by atoms with Gasteiger partial charge in [0.05, 0.1) is 28.5 Å². The Morgan fingerprint density at radius 1 is 0.920 bits per heavy atom. The maximum atomic E-state index is 12.4. The normalized spacial score (nSPS) is 11.1. The van der Waals surface area contributed by atoms with Crippen molar-refractivity contribution in [2.24, 2.45) is 0 Å². The predicted octanol–water partition coefficient (Wildman–Crippen LogP) is 2.80. The van der Waals surface area contributed by atoms with Gasteiger partial charge in [-0.3, -0.25) is 4.79 Å². The molecule has 25 heavy (non-hydrogen) atoms. The highest BCUT2D eigenvalue weighted by Gasteiger charge is 2.18. The van der Waals surface area contributed by atoms with E-state index in [9.17, 15) is 13.2 Å². The molecular formula is C18H15N3O3S. The Morgan fingerprint density at radius 3 is 2.16 bits per heavy atom. The Balaban J connectivity index is 1.83. The molecule has 0 spiro atoms. The van der Waals surface area contributed by atoms with Crippen LogP contribution in [0, 0.1) is 0 Å². The zero-order chi connectivity index (χ0) is 17.9. The second-order valence-electron chi connectivity index (χ2n) is 5.38. The molecule has 0 saturated heterocycles. The van der Waals surface area contributed by atoms with Gasteiger partial charge < -0.3 is 5.32 Å². The summed E-state index contributed by atoms with van der Waals surface area (Å²) >= 11 is 0. The van der Waals surface area contributed by atoms with E-state index in [-0.39, 0.29) is 10.5 Å². The summed E-state index contributed by atoms with van der Waals surface area (Å²) in [5, 5.41) is 2.62. The molecule has 6 nitrogen and oxygen atoms in total. The van der Waals surface area contributed by atoms with Crippen molar-refractivity contribution in [2.75, 3.05) is 11.6 Å². The third-order valence-corrected chi connectivity index (χ3v) is 4.63. The van der Waals surface area contributed by atoms with Gasteiger partial charge in [0.25, 0.3) is 5.91 Å². The molecule has 0 aliphatic rings. The number of hydrogen-bond acceptors (Lipinski definition) is 5. The predicted molar refractivity (Wildman–Crippen MR) is 95.0 cm³/mol. The lowest BCUT2D eigenvalue weighted by atomic mass is 10.2. The Labute approximate surface area is 145 Å². The average Bonchev–Trinajstić information content (AvgIpc) is 2.62. The summed E-state index contributed by atoms with van der Waals surface area (Å²) in [5.74, 6) is 0.00669. The van der Waals surface area contributed by atoms with Gasteiger partial charge in [0.2, 0.25) is 0 Å². The average molecular weight is 353 g/mol. The highest BCUT2D eigenvalue weighted by molar-refractivity contribution is 7.90. The van der Waals surface area contributed by atoms with Gasteiger partial charge >= 0.3 is 0 Å². The van der Waals surface area contributed by atoms with Gasteiger partial charge in [0.15, 0.2) is 15.7 Å². The first-order chi connectivity index (χ1) is 11.9. The molecule has 0 unspecified atom stereocenters. The van der Waals surface area contributed by atoms with Crippen LogP contribution in [0.2, 0.25) is 0 Å². The number of rotatable bonds is 4. The molecule has 0 fully saturated rings. The minimum Gasteiger partial charge on any atom is -0.319 e. The van der Waals surface area contributed by atoms with Crippen molar-refractivity contribution in [3.8, 4) is 11.4 Å². The summed E-state index contributed by atoms with van der Waals surface area (Å²) < 4.78 is 23.6. The van der Waals surface area contributed by atoms with Gasteiger partial charge in [-0.1, -0.05) is 42.5 Å². The summed E-state index contributed by atoms with van der Waals surface area (Å²) in [4.78, 5) is 20.8. The molecule has 2 aromatic carbocycles. The molecule has 126 valence electrons. The molecule has 1 N–H and O–H groups in total. The van der Waals surface area contributed by atoms with Gasteiger partial charge in [-0.15, -0.1) is 0 Å². The molecule has 0 radical (unpaired) electrons. The number of carbonyl (C=O) groups is 1. The summed E-state index contributed by atoms with van der Waals surface area (Å²) in [5.41, 5.74) is 1.33. The SMILES string of the molecule is CS(=O)(=O)c1ccccc1C(=O)Nc1cnc(-c2ccccc2)nc1. The zero-order valence-corrected chi connectivity index (χ0v) is 14.2. The fourth-order valence-electron chi connectivity index (χ4n) is 2.30. The maximum Gasteiger partial charge on any atom is 0.257 e. The van der Waals surface area contributed by atoms with E-state index in [1.54, 1.807) is 12.1 Å². The van der Waals surface area contributed by atoms with Crippen LogP contribution in [0.4, 0.5) is 5.69 Å². The molecule has 3 rings (SSSR count). The lowest BCUT2D eigenvalue weighted by Crippen LogP contribution is -2.16. The number of carbonyl (C=O) groups excluding carboxylic acids is 1. The van der Waals surface area contributed by atoms with E-state index in [1.165, 1.54) is 24.5 Å². The van der Waals surface area contributed by atoms with Crippen molar-refractivity contribution < 1.29 is 13.2 Å². The van der Waals surface area contributed by atoms with Gasteiger partial charge in [-0.25, -0.2) is 18.4 Å². The van der Waals surface area contributed by atoms with E-state index >= 15 is 0 Å². The molecule has 0 saturated carbocycles. The van der Waals surface area contributed by atoms with Gasteiger partial charge in [0, 0.05) is 11.8 Å². The van der Waals surface area contributed by atoms with Crippen LogP contribution in [0.1, 0.15) is 10.4 Å². The highest BCUT2D eigenvalue weighted by Crippen LogP contribution is 2.18.